The van der Waals surface area contributed by atoms with Crippen LogP contribution in [0.5, 0.6) is 0 Å². The lowest BCUT2D eigenvalue weighted by Crippen LogP contribution is -2.01. The van der Waals surface area contributed by atoms with Crippen molar-refractivity contribution in [2.45, 2.75) is 16.5 Å². The molecule has 0 aliphatic heterocycles. The number of thiazole rings is 1. The number of hydrogen-bond donors (Lipinski definition) is 0. The molecule has 1 aromatic carbocycles. The van der Waals surface area contributed by atoms with Crippen molar-refractivity contribution >= 4 is 33.3 Å². The molecule has 0 saturated heterocycles. The van der Waals surface area contributed by atoms with Crippen molar-refractivity contribution in [3.63, 3.8) is 0 Å². The highest BCUT2D eigenvalue weighted by Crippen LogP contribution is 2.37. The van der Waals surface area contributed by atoms with Gasteiger partial charge in [-0.25, -0.2) is 9.67 Å². The van der Waals surface area contributed by atoms with Gasteiger partial charge in [0.25, 0.3) is 0 Å². The minimum Gasteiger partial charge on any atom is -0.232 e. The average Bonchev–Trinajstić information content (AvgIpc) is 2.94. The van der Waals surface area contributed by atoms with Crippen molar-refractivity contribution in [1.82, 2.24) is 25.2 Å². The van der Waals surface area contributed by atoms with Crippen LogP contribution in [0.3, 0.4) is 0 Å². The molecule has 0 spiro atoms. The summed E-state index contributed by atoms with van der Waals surface area (Å²) in [4.78, 5) is 4.60. The average molecular weight is 277 g/mol. The molecule has 0 aliphatic carbocycles. The molecule has 2 heterocycles. The van der Waals surface area contributed by atoms with E-state index >= 15 is 0 Å². The van der Waals surface area contributed by atoms with Gasteiger partial charge < -0.3 is 0 Å². The molecule has 0 radical (unpaired) electrons. The molecule has 3 rings (SSSR count). The van der Waals surface area contributed by atoms with Crippen LogP contribution in [0.15, 0.2) is 28.6 Å². The Kier molecular flexibility index (Phi) is 3.00. The fraction of sp³-hybridized carbons (Fsp3) is 0.273. The van der Waals surface area contributed by atoms with Crippen LogP contribution in [0.25, 0.3) is 10.2 Å². The van der Waals surface area contributed by atoms with Gasteiger partial charge in [0.15, 0.2) is 10.2 Å². The van der Waals surface area contributed by atoms with Crippen molar-refractivity contribution < 1.29 is 0 Å². The zero-order valence-corrected chi connectivity index (χ0v) is 11.6. The number of aryl methyl sites for hydroxylation is 1. The Morgan fingerprint density at radius 3 is 2.89 bits per heavy atom. The van der Waals surface area contributed by atoms with E-state index in [4.69, 9.17) is 0 Å². The fourth-order valence-electron chi connectivity index (χ4n) is 1.69. The van der Waals surface area contributed by atoms with Crippen molar-refractivity contribution in [2.24, 2.45) is 7.05 Å². The van der Waals surface area contributed by atoms with E-state index in [2.05, 4.69) is 33.5 Å². The number of para-hydroxylation sites is 1. The molecule has 18 heavy (non-hydrogen) atoms. The van der Waals surface area contributed by atoms with Gasteiger partial charge in [-0.2, -0.15) is 0 Å². The van der Waals surface area contributed by atoms with Gasteiger partial charge in [0.1, 0.15) is 0 Å². The Morgan fingerprint density at radius 2 is 2.17 bits per heavy atom. The molecule has 1 atom stereocenters. The first kappa shape index (κ1) is 11.6. The Labute approximate surface area is 112 Å². The standard InChI is InChI=1S/C11H11N5S2/c1-7(10-13-14-15-16(10)2)17-11-12-8-5-3-4-6-9(8)18-11/h3-7H,1-2H3. The van der Waals surface area contributed by atoms with Crippen LogP contribution in [0.1, 0.15) is 18.0 Å². The number of benzene rings is 1. The van der Waals surface area contributed by atoms with Gasteiger partial charge in [-0.1, -0.05) is 23.9 Å². The molecule has 0 aliphatic rings. The van der Waals surface area contributed by atoms with Crippen LogP contribution in [-0.2, 0) is 7.05 Å². The summed E-state index contributed by atoms with van der Waals surface area (Å²) in [5.41, 5.74) is 1.05. The summed E-state index contributed by atoms with van der Waals surface area (Å²) < 4.78 is 3.96. The molecule has 0 fully saturated rings. The monoisotopic (exact) mass is 277 g/mol. The van der Waals surface area contributed by atoms with E-state index in [0.29, 0.717) is 0 Å². The number of nitrogens with zero attached hydrogens (tertiary/aromatic N) is 5. The Balaban J connectivity index is 1.86. The van der Waals surface area contributed by atoms with Gasteiger partial charge in [-0.3, -0.25) is 0 Å². The largest absolute Gasteiger partial charge is 0.232 e. The van der Waals surface area contributed by atoms with Crippen LogP contribution in [-0.4, -0.2) is 25.2 Å². The first-order valence-electron chi connectivity index (χ1n) is 5.48. The Hall–Kier alpha value is -1.47. The van der Waals surface area contributed by atoms with Crippen molar-refractivity contribution in [1.29, 1.82) is 0 Å². The van der Waals surface area contributed by atoms with Gasteiger partial charge in [0.05, 0.1) is 15.5 Å². The fourth-order valence-corrected chi connectivity index (χ4v) is 4.04. The minimum absolute atomic E-state index is 0.186. The zero-order valence-electron chi connectivity index (χ0n) is 9.94. The first-order chi connectivity index (χ1) is 8.74. The predicted octanol–water partition coefficient (Wildman–Crippen LogP) is 2.67. The number of fused-ring (bicyclic) bond motifs is 1. The third-order valence-electron chi connectivity index (χ3n) is 2.57. The van der Waals surface area contributed by atoms with Gasteiger partial charge in [-0.15, -0.1) is 16.4 Å². The van der Waals surface area contributed by atoms with E-state index in [1.165, 1.54) is 4.70 Å². The Morgan fingerprint density at radius 1 is 1.33 bits per heavy atom. The van der Waals surface area contributed by atoms with E-state index in [0.717, 1.165) is 15.7 Å². The molecule has 0 bridgehead atoms. The topological polar surface area (TPSA) is 56.5 Å². The number of aromatic nitrogens is 5. The molecule has 0 saturated carbocycles. The third-order valence-corrected chi connectivity index (χ3v) is 4.80. The molecule has 0 amide bonds. The van der Waals surface area contributed by atoms with Gasteiger partial charge in [0.2, 0.25) is 0 Å². The second-order valence-corrected chi connectivity index (χ2v) is 6.49. The lowest BCUT2D eigenvalue weighted by molar-refractivity contribution is 0.679. The predicted molar refractivity (Wildman–Crippen MR) is 72.7 cm³/mol. The van der Waals surface area contributed by atoms with Crippen LogP contribution in [0, 0.1) is 0 Å². The number of rotatable bonds is 3. The lowest BCUT2D eigenvalue weighted by Gasteiger charge is -2.05. The highest BCUT2D eigenvalue weighted by Gasteiger charge is 2.16. The molecular formula is C11H11N5S2. The molecule has 3 aromatic rings. The lowest BCUT2D eigenvalue weighted by atomic mass is 10.3. The molecular weight excluding hydrogens is 266 g/mol. The van der Waals surface area contributed by atoms with E-state index in [-0.39, 0.29) is 5.25 Å². The SMILES string of the molecule is CC(Sc1nc2ccccc2s1)c1nnnn1C. The minimum atomic E-state index is 0.186. The van der Waals surface area contributed by atoms with Gasteiger partial charge >= 0.3 is 0 Å². The number of hydrogen-bond acceptors (Lipinski definition) is 6. The van der Waals surface area contributed by atoms with Crippen LogP contribution >= 0.6 is 23.1 Å². The molecule has 7 heteroatoms. The zero-order chi connectivity index (χ0) is 12.5. The highest BCUT2D eigenvalue weighted by atomic mass is 32.2. The Bertz CT molecular complexity index is 642. The second-order valence-electron chi connectivity index (χ2n) is 3.87. The van der Waals surface area contributed by atoms with Gasteiger partial charge in [-0.05, 0) is 29.5 Å². The van der Waals surface area contributed by atoms with Crippen LogP contribution in [0.2, 0.25) is 0 Å². The van der Waals surface area contributed by atoms with Crippen molar-refractivity contribution in [3.05, 3.63) is 30.1 Å². The second kappa shape index (κ2) is 4.66. The number of tetrazole rings is 1. The molecule has 5 nitrogen and oxygen atoms in total. The van der Waals surface area contributed by atoms with Crippen molar-refractivity contribution in [2.75, 3.05) is 0 Å². The molecule has 92 valence electrons. The van der Waals surface area contributed by atoms with Crippen LogP contribution in [0.4, 0.5) is 0 Å². The smallest absolute Gasteiger partial charge is 0.164 e. The molecule has 1 unspecified atom stereocenters. The summed E-state index contributed by atoms with van der Waals surface area (Å²) in [6.07, 6.45) is 0. The van der Waals surface area contributed by atoms with E-state index in [1.54, 1.807) is 27.8 Å². The molecule has 2 aromatic heterocycles. The third kappa shape index (κ3) is 2.11. The summed E-state index contributed by atoms with van der Waals surface area (Å²) >= 11 is 3.39. The van der Waals surface area contributed by atoms with E-state index in [1.807, 2.05) is 25.2 Å². The number of thioether (sulfide) groups is 1. The maximum Gasteiger partial charge on any atom is 0.164 e. The van der Waals surface area contributed by atoms with Gasteiger partial charge in [0, 0.05) is 7.05 Å². The van der Waals surface area contributed by atoms with Crippen LogP contribution < -0.4 is 0 Å². The first-order valence-corrected chi connectivity index (χ1v) is 7.18. The normalized spacial score (nSPS) is 13.0. The highest BCUT2D eigenvalue weighted by molar-refractivity contribution is 8.01. The quantitative estimate of drug-likeness (QED) is 0.689. The summed E-state index contributed by atoms with van der Waals surface area (Å²) in [5.74, 6) is 0.860. The van der Waals surface area contributed by atoms with E-state index < -0.39 is 0 Å². The summed E-state index contributed by atoms with van der Waals surface area (Å²) in [5, 5.41) is 11.7. The summed E-state index contributed by atoms with van der Waals surface area (Å²) in [6, 6.07) is 8.16. The summed E-state index contributed by atoms with van der Waals surface area (Å²) in [7, 11) is 1.85. The van der Waals surface area contributed by atoms with Crippen molar-refractivity contribution in [3.8, 4) is 0 Å². The molecule has 0 N–H and O–H groups in total. The maximum atomic E-state index is 4.60. The summed E-state index contributed by atoms with van der Waals surface area (Å²) in [6.45, 7) is 2.09. The van der Waals surface area contributed by atoms with E-state index in [9.17, 15) is 0 Å². The maximum absolute atomic E-state index is 4.60.